The normalized spacial score (nSPS) is 15.3. The molecule has 0 radical (unpaired) electrons. The highest BCUT2D eigenvalue weighted by molar-refractivity contribution is 7.10. The van der Waals surface area contributed by atoms with Gasteiger partial charge in [0.15, 0.2) is 17.6 Å². The van der Waals surface area contributed by atoms with Crippen molar-refractivity contribution in [2.24, 2.45) is 0 Å². The van der Waals surface area contributed by atoms with Crippen LogP contribution < -0.4 is 26.6 Å². The number of rotatable bonds is 4. The highest BCUT2D eigenvalue weighted by Gasteiger charge is 2.25. The molecular weight excluding hydrogens is 358 g/mol. The van der Waals surface area contributed by atoms with Crippen LogP contribution in [-0.2, 0) is 0 Å². The van der Waals surface area contributed by atoms with Gasteiger partial charge in [-0.1, -0.05) is 24.3 Å². The van der Waals surface area contributed by atoms with Crippen LogP contribution in [0.4, 0.5) is 0 Å². The number of ether oxygens (including phenoxy) is 3. The molecule has 0 bridgehead atoms. The molecule has 0 aliphatic carbocycles. The summed E-state index contributed by atoms with van der Waals surface area (Å²) in [7, 11) is 0. The summed E-state index contributed by atoms with van der Waals surface area (Å²) >= 11 is 1.59. The molecule has 2 heterocycles. The highest BCUT2D eigenvalue weighted by Crippen LogP contribution is 2.37. The minimum absolute atomic E-state index is 0. The predicted octanol–water partition coefficient (Wildman–Crippen LogP) is 1.73. The molecule has 1 aliphatic rings. The third-order valence-corrected chi connectivity index (χ3v) is 4.68. The van der Waals surface area contributed by atoms with Crippen molar-refractivity contribution in [3.63, 3.8) is 0 Å². The number of fused-ring (bicyclic) bond motifs is 1. The van der Waals surface area contributed by atoms with Crippen LogP contribution in [0.1, 0.15) is 18.0 Å². The Morgan fingerprint density at radius 1 is 1.16 bits per heavy atom. The van der Waals surface area contributed by atoms with Gasteiger partial charge in [0.2, 0.25) is 0 Å². The molecule has 0 spiro atoms. The second-order valence-corrected chi connectivity index (χ2v) is 6.29. The zero-order valence-electron chi connectivity index (χ0n) is 13.6. The summed E-state index contributed by atoms with van der Waals surface area (Å²) in [5.41, 5.74) is 1.97. The summed E-state index contributed by atoms with van der Waals surface area (Å²) in [5.74, 6) is 2.41. The summed E-state index contributed by atoms with van der Waals surface area (Å²) in [6.45, 7) is 3.10. The molecule has 3 aromatic rings. The molecule has 0 N–H and O–H groups in total. The number of hydrogen-bond acceptors (Lipinski definition) is 5. The Bertz CT molecular complexity index is 852. The Morgan fingerprint density at radius 2 is 2.00 bits per heavy atom. The van der Waals surface area contributed by atoms with Crippen molar-refractivity contribution in [2.75, 3.05) is 13.2 Å². The molecular formula is C19H17ClNO3S-. The van der Waals surface area contributed by atoms with Crippen molar-refractivity contribution in [2.45, 2.75) is 13.0 Å². The van der Waals surface area contributed by atoms with Gasteiger partial charge in [-0.05, 0) is 31.2 Å². The van der Waals surface area contributed by atoms with Crippen molar-refractivity contribution in [1.29, 1.82) is 0 Å². The fourth-order valence-corrected chi connectivity index (χ4v) is 3.46. The summed E-state index contributed by atoms with van der Waals surface area (Å²) in [6, 6.07) is 15.7. The number of thiazole rings is 1. The van der Waals surface area contributed by atoms with E-state index in [1.165, 1.54) is 0 Å². The lowest BCUT2D eigenvalue weighted by Crippen LogP contribution is -3.00. The van der Waals surface area contributed by atoms with Crippen LogP contribution >= 0.6 is 11.3 Å². The van der Waals surface area contributed by atoms with Gasteiger partial charge in [0, 0.05) is 10.9 Å². The van der Waals surface area contributed by atoms with Gasteiger partial charge < -0.3 is 26.6 Å². The van der Waals surface area contributed by atoms with E-state index >= 15 is 0 Å². The second-order valence-electron chi connectivity index (χ2n) is 5.40. The molecule has 1 aliphatic heterocycles. The molecule has 1 aromatic heterocycles. The molecule has 2 aromatic carbocycles. The zero-order chi connectivity index (χ0) is 16.4. The first-order valence-corrected chi connectivity index (χ1v) is 8.78. The Kier molecular flexibility index (Phi) is 5.46. The van der Waals surface area contributed by atoms with Crippen molar-refractivity contribution < 1.29 is 26.6 Å². The molecule has 1 unspecified atom stereocenters. The maximum atomic E-state index is 6.03. The lowest BCUT2D eigenvalue weighted by Gasteiger charge is -2.24. The van der Waals surface area contributed by atoms with Crippen molar-refractivity contribution in [3.05, 3.63) is 58.9 Å². The number of aromatic nitrogens is 1. The van der Waals surface area contributed by atoms with Gasteiger partial charge in [-0.25, -0.2) is 4.98 Å². The van der Waals surface area contributed by atoms with Crippen molar-refractivity contribution >= 4 is 11.3 Å². The number of hydrogen-bond donors (Lipinski definition) is 0. The average molecular weight is 375 g/mol. The Balaban J connectivity index is 0.00000182. The third kappa shape index (κ3) is 3.72. The molecule has 4 nitrogen and oxygen atoms in total. The van der Waals surface area contributed by atoms with E-state index in [1.807, 2.05) is 60.8 Å². The van der Waals surface area contributed by atoms with Crippen LogP contribution in [0.3, 0.4) is 0 Å². The Hall–Kier alpha value is -2.24. The highest BCUT2D eigenvalue weighted by atomic mass is 35.5. The van der Waals surface area contributed by atoms with Crippen molar-refractivity contribution in [3.8, 4) is 28.5 Å². The Morgan fingerprint density at radius 3 is 2.84 bits per heavy atom. The van der Waals surface area contributed by atoms with Gasteiger partial charge in [0.25, 0.3) is 0 Å². The van der Waals surface area contributed by atoms with E-state index in [1.54, 1.807) is 11.3 Å². The predicted molar refractivity (Wildman–Crippen MR) is 94.0 cm³/mol. The smallest absolute Gasteiger partial charge is 0.184 e. The minimum atomic E-state index is -0.172. The number of benzene rings is 2. The number of halogens is 1. The van der Waals surface area contributed by atoms with Crippen LogP contribution in [0.2, 0.25) is 0 Å². The minimum Gasteiger partial charge on any atom is -1.00 e. The molecule has 25 heavy (non-hydrogen) atoms. The lowest BCUT2D eigenvalue weighted by molar-refractivity contribution is -0.00000600. The molecule has 4 rings (SSSR count). The number of nitrogens with zero attached hydrogens (tertiary/aromatic N) is 1. The van der Waals surface area contributed by atoms with E-state index < -0.39 is 0 Å². The third-order valence-electron chi connectivity index (χ3n) is 3.75. The largest absolute Gasteiger partial charge is 1.00 e. The topological polar surface area (TPSA) is 40.6 Å². The van der Waals surface area contributed by atoms with Crippen LogP contribution in [0.15, 0.2) is 53.9 Å². The van der Waals surface area contributed by atoms with Gasteiger partial charge in [-0.3, -0.25) is 0 Å². The van der Waals surface area contributed by atoms with Crippen LogP contribution in [0.25, 0.3) is 11.3 Å². The van der Waals surface area contributed by atoms with E-state index in [0.717, 1.165) is 33.5 Å². The molecule has 0 fully saturated rings. The fraction of sp³-hybridized carbons (Fsp3) is 0.211. The van der Waals surface area contributed by atoms with Gasteiger partial charge >= 0.3 is 0 Å². The van der Waals surface area contributed by atoms with Gasteiger partial charge in [0.1, 0.15) is 17.4 Å². The Labute approximate surface area is 156 Å². The standard InChI is InChI=1S/C19H17NO3S.ClH/c1-2-21-14-7-5-6-13(10-14)15-12-24-19(20-15)18-11-22-16-8-3-4-9-17(16)23-18;/h3-10,12,18H,2,11H2,1H3;1H/p-1. The van der Waals surface area contributed by atoms with Gasteiger partial charge in [-0.15, -0.1) is 11.3 Å². The van der Waals surface area contributed by atoms with Crippen molar-refractivity contribution in [1.82, 2.24) is 4.98 Å². The first-order chi connectivity index (χ1) is 11.8. The fourth-order valence-electron chi connectivity index (χ4n) is 2.62. The maximum absolute atomic E-state index is 6.03. The molecule has 130 valence electrons. The molecule has 6 heteroatoms. The van der Waals surface area contributed by atoms with Crippen LogP contribution in [-0.4, -0.2) is 18.2 Å². The van der Waals surface area contributed by atoms with E-state index in [0.29, 0.717) is 13.2 Å². The van der Waals surface area contributed by atoms with E-state index in [9.17, 15) is 0 Å². The number of para-hydroxylation sites is 2. The second kappa shape index (κ2) is 7.76. The molecule has 0 amide bonds. The monoisotopic (exact) mass is 374 g/mol. The molecule has 1 atom stereocenters. The van der Waals surface area contributed by atoms with Gasteiger partial charge in [0.05, 0.1) is 12.3 Å². The summed E-state index contributed by atoms with van der Waals surface area (Å²) < 4.78 is 17.4. The van der Waals surface area contributed by atoms with E-state index in [4.69, 9.17) is 19.2 Å². The molecule has 0 saturated heterocycles. The maximum Gasteiger partial charge on any atom is 0.184 e. The van der Waals surface area contributed by atoms with Gasteiger partial charge in [-0.2, -0.15) is 0 Å². The average Bonchev–Trinajstić information content (AvgIpc) is 3.12. The van der Waals surface area contributed by atoms with E-state index in [2.05, 4.69) is 0 Å². The molecule has 0 saturated carbocycles. The summed E-state index contributed by atoms with van der Waals surface area (Å²) in [5, 5.41) is 2.96. The van der Waals surface area contributed by atoms with E-state index in [-0.39, 0.29) is 18.5 Å². The summed E-state index contributed by atoms with van der Waals surface area (Å²) in [6.07, 6.45) is -0.172. The zero-order valence-corrected chi connectivity index (χ0v) is 15.2. The first kappa shape index (κ1) is 17.6. The SMILES string of the molecule is CCOc1cccc(-c2csc(C3COc4ccccc4O3)n2)c1.[Cl-]. The summed E-state index contributed by atoms with van der Waals surface area (Å²) in [4.78, 5) is 4.74. The first-order valence-electron chi connectivity index (χ1n) is 7.90. The lowest BCUT2D eigenvalue weighted by atomic mass is 10.1. The van der Waals surface area contributed by atoms with Crippen LogP contribution in [0, 0.1) is 0 Å². The quantitative estimate of drug-likeness (QED) is 0.697. The van der Waals surface area contributed by atoms with Crippen LogP contribution in [0.5, 0.6) is 17.2 Å².